The van der Waals surface area contributed by atoms with Gasteiger partial charge in [0.05, 0.1) is 11.6 Å². The van der Waals surface area contributed by atoms with Crippen molar-refractivity contribution in [1.82, 2.24) is 15.5 Å². The third kappa shape index (κ3) is 6.36. The van der Waals surface area contributed by atoms with Crippen LogP contribution in [-0.2, 0) is 17.5 Å². The minimum absolute atomic E-state index is 0. The summed E-state index contributed by atoms with van der Waals surface area (Å²) in [4.78, 5) is 14.3. The van der Waals surface area contributed by atoms with Gasteiger partial charge in [0.15, 0.2) is 0 Å². The smallest absolute Gasteiger partial charge is 0.354 e. The lowest BCUT2D eigenvalue weighted by Gasteiger charge is -2.33. The highest BCUT2D eigenvalue weighted by Gasteiger charge is 2.30. The van der Waals surface area contributed by atoms with Gasteiger partial charge in [-0.05, 0) is 56.3 Å². The molecule has 2 aliphatic heterocycles. The van der Waals surface area contributed by atoms with Gasteiger partial charge in [0.1, 0.15) is 0 Å². The topological polar surface area (TPSA) is 44.4 Å². The van der Waals surface area contributed by atoms with Crippen molar-refractivity contribution in [2.45, 2.75) is 44.4 Å². The Morgan fingerprint density at radius 1 is 1.26 bits per heavy atom. The maximum atomic E-state index is 12.9. The van der Waals surface area contributed by atoms with E-state index in [0.717, 1.165) is 51.4 Å². The molecule has 3 rings (SSSR count). The van der Waals surface area contributed by atoms with Gasteiger partial charge >= 0.3 is 6.18 Å². The number of nitrogens with one attached hydrogen (secondary N) is 2. The van der Waals surface area contributed by atoms with Crippen molar-refractivity contribution < 1.29 is 18.0 Å². The Labute approximate surface area is 164 Å². The zero-order valence-corrected chi connectivity index (χ0v) is 16.0. The predicted molar refractivity (Wildman–Crippen MR) is 101 cm³/mol. The molecule has 2 N–H and O–H groups in total. The maximum absolute atomic E-state index is 12.9. The number of likely N-dealkylation sites (tertiary alicyclic amines) is 1. The molecule has 2 fully saturated rings. The van der Waals surface area contributed by atoms with Gasteiger partial charge in [-0.1, -0.05) is 18.2 Å². The fraction of sp³-hybridized carbons (Fsp3) is 0.632. The first kappa shape index (κ1) is 22.0. The number of amides is 1. The van der Waals surface area contributed by atoms with Crippen LogP contribution in [0.25, 0.3) is 0 Å². The highest BCUT2D eigenvalue weighted by Crippen LogP contribution is 2.30. The maximum Gasteiger partial charge on any atom is 0.416 e. The fourth-order valence-corrected chi connectivity index (χ4v) is 3.84. The van der Waals surface area contributed by atoms with Crippen molar-refractivity contribution in [1.29, 1.82) is 0 Å². The van der Waals surface area contributed by atoms with Crippen molar-refractivity contribution in [2.75, 3.05) is 26.2 Å². The SMILES string of the molecule is Cl.O=C(NCC1CCCN(Cc2cccc(C(F)(F)F)c2)C1)C1CCCN1. The Balaban J connectivity index is 0.00000261. The minimum Gasteiger partial charge on any atom is -0.354 e. The van der Waals surface area contributed by atoms with Crippen LogP contribution in [0, 0.1) is 5.92 Å². The molecular weight excluding hydrogens is 379 g/mol. The fourth-order valence-electron chi connectivity index (χ4n) is 3.84. The number of hydrogen-bond donors (Lipinski definition) is 2. The molecule has 2 atom stereocenters. The number of carbonyl (C=O) groups is 1. The molecule has 8 heteroatoms. The summed E-state index contributed by atoms with van der Waals surface area (Å²) in [6, 6.07) is 5.48. The van der Waals surface area contributed by atoms with E-state index in [1.165, 1.54) is 12.1 Å². The van der Waals surface area contributed by atoms with Crippen molar-refractivity contribution in [3.63, 3.8) is 0 Å². The summed E-state index contributed by atoms with van der Waals surface area (Å²) in [5, 5.41) is 6.22. The van der Waals surface area contributed by atoms with Gasteiger partial charge in [0, 0.05) is 19.6 Å². The molecule has 1 aromatic carbocycles. The van der Waals surface area contributed by atoms with Crippen molar-refractivity contribution in [3.05, 3.63) is 35.4 Å². The van der Waals surface area contributed by atoms with Crippen LogP contribution in [0.4, 0.5) is 13.2 Å². The van der Waals surface area contributed by atoms with Crippen LogP contribution in [0.15, 0.2) is 24.3 Å². The summed E-state index contributed by atoms with van der Waals surface area (Å²) in [5.74, 6) is 0.414. The molecule has 0 aromatic heterocycles. The van der Waals surface area contributed by atoms with E-state index in [1.807, 2.05) is 0 Å². The van der Waals surface area contributed by atoms with Crippen LogP contribution in [0.2, 0.25) is 0 Å². The number of benzene rings is 1. The lowest BCUT2D eigenvalue weighted by atomic mass is 9.97. The van der Waals surface area contributed by atoms with E-state index in [1.54, 1.807) is 6.07 Å². The molecule has 4 nitrogen and oxygen atoms in total. The molecule has 152 valence electrons. The molecule has 0 saturated carbocycles. The van der Waals surface area contributed by atoms with Gasteiger partial charge in [-0.2, -0.15) is 13.2 Å². The molecule has 0 aliphatic carbocycles. The van der Waals surface area contributed by atoms with Crippen LogP contribution in [0.1, 0.15) is 36.8 Å². The average molecular weight is 406 g/mol. The number of rotatable bonds is 5. The molecule has 2 heterocycles. The van der Waals surface area contributed by atoms with E-state index < -0.39 is 11.7 Å². The molecule has 0 bridgehead atoms. The number of nitrogens with zero attached hydrogens (tertiary/aromatic N) is 1. The largest absolute Gasteiger partial charge is 0.416 e. The standard InChI is InChI=1S/C19H26F3N3O.ClH/c20-19(21,22)16-6-1-4-14(10-16)12-25-9-3-5-15(13-25)11-24-18(26)17-7-2-8-23-17;/h1,4,6,10,15,17,23H,2-3,5,7-9,11-13H2,(H,24,26);1H. The lowest BCUT2D eigenvalue weighted by Crippen LogP contribution is -2.45. The number of alkyl halides is 3. The molecule has 27 heavy (non-hydrogen) atoms. The van der Waals surface area contributed by atoms with Crippen molar-refractivity contribution >= 4 is 18.3 Å². The van der Waals surface area contributed by atoms with Crippen molar-refractivity contribution in [3.8, 4) is 0 Å². The third-order valence-corrected chi connectivity index (χ3v) is 5.21. The first-order valence-corrected chi connectivity index (χ1v) is 9.31. The summed E-state index contributed by atoms with van der Waals surface area (Å²) in [6.07, 6.45) is -0.345. The molecule has 0 radical (unpaired) electrons. The van der Waals surface area contributed by atoms with Crippen LogP contribution >= 0.6 is 12.4 Å². The second-order valence-corrected chi connectivity index (χ2v) is 7.34. The third-order valence-electron chi connectivity index (χ3n) is 5.21. The van der Waals surface area contributed by atoms with E-state index in [-0.39, 0.29) is 24.4 Å². The van der Waals surface area contributed by atoms with Gasteiger partial charge in [-0.3, -0.25) is 9.69 Å². The molecule has 0 spiro atoms. The second-order valence-electron chi connectivity index (χ2n) is 7.34. The normalized spacial score (nSPS) is 23.7. The quantitative estimate of drug-likeness (QED) is 0.790. The molecule has 2 unspecified atom stereocenters. The number of halogens is 4. The predicted octanol–water partition coefficient (Wildman–Crippen LogP) is 3.21. The molecule has 2 saturated heterocycles. The number of carbonyl (C=O) groups excluding carboxylic acids is 1. The Kier molecular flexibility index (Phi) is 7.94. The lowest BCUT2D eigenvalue weighted by molar-refractivity contribution is -0.137. The Bertz CT molecular complexity index is 620. The van der Waals surface area contributed by atoms with E-state index in [2.05, 4.69) is 15.5 Å². The highest BCUT2D eigenvalue weighted by atomic mass is 35.5. The van der Waals surface area contributed by atoms with Crippen LogP contribution < -0.4 is 10.6 Å². The minimum atomic E-state index is -4.31. The Morgan fingerprint density at radius 2 is 2.07 bits per heavy atom. The van der Waals surface area contributed by atoms with E-state index in [0.29, 0.717) is 24.6 Å². The van der Waals surface area contributed by atoms with Gasteiger partial charge in [0.2, 0.25) is 5.91 Å². The van der Waals surface area contributed by atoms with Gasteiger partial charge in [-0.25, -0.2) is 0 Å². The molecular formula is C19H27ClF3N3O. The first-order chi connectivity index (χ1) is 12.4. The average Bonchev–Trinajstić information content (AvgIpc) is 3.14. The molecule has 1 amide bonds. The van der Waals surface area contributed by atoms with Crippen LogP contribution in [0.5, 0.6) is 0 Å². The monoisotopic (exact) mass is 405 g/mol. The Morgan fingerprint density at radius 3 is 2.78 bits per heavy atom. The summed E-state index contributed by atoms with van der Waals surface area (Å²) >= 11 is 0. The van der Waals surface area contributed by atoms with Gasteiger partial charge in [-0.15, -0.1) is 12.4 Å². The summed E-state index contributed by atoms with van der Waals surface area (Å²) in [6.45, 7) is 3.72. The van der Waals surface area contributed by atoms with E-state index in [9.17, 15) is 18.0 Å². The highest BCUT2D eigenvalue weighted by molar-refractivity contribution is 5.85. The zero-order valence-electron chi connectivity index (χ0n) is 15.2. The summed E-state index contributed by atoms with van der Waals surface area (Å²) in [7, 11) is 0. The molecule has 1 aromatic rings. The van der Waals surface area contributed by atoms with Crippen LogP contribution in [0.3, 0.4) is 0 Å². The number of hydrogen-bond acceptors (Lipinski definition) is 3. The van der Waals surface area contributed by atoms with Crippen LogP contribution in [-0.4, -0.2) is 43.0 Å². The molecule has 2 aliphatic rings. The van der Waals surface area contributed by atoms with E-state index >= 15 is 0 Å². The van der Waals surface area contributed by atoms with Gasteiger partial charge < -0.3 is 10.6 Å². The zero-order chi connectivity index (χ0) is 18.6. The summed E-state index contributed by atoms with van der Waals surface area (Å²) in [5.41, 5.74) is 0.0829. The van der Waals surface area contributed by atoms with Gasteiger partial charge in [0.25, 0.3) is 0 Å². The Hall–Kier alpha value is -1.31. The summed E-state index contributed by atoms with van der Waals surface area (Å²) < 4.78 is 38.6. The first-order valence-electron chi connectivity index (χ1n) is 9.31. The van der Waals surface area contributed by atoms with E-state index in [4.69, 9.17) is 0 Å². The second kappa shape index (κ2) is 9.75. The number of piperidine rings is 1. The van der Waals surface area contributed by atoms with Crippen molar-refractivity contribution in [2.24, 2.45) is 5.92 Å².